The van der Waals surface area contributed by atoms with Crippen molar-refractivity contribution in [2.75, 3.05) is 11.9 Å². The molecule has 0 unspecified atom stereocenters. The maximum absolute atomic E-state index is 12.8. The number of carbonyl (C=O) groups is 2. The molecule has 0 bridgehead atoms. The van der Waals surface area contributed by atoms with Gasteiger partial charge in [0.1, 0.15) is 5.25 Å². The van der Waals surface area contributed by atoms with Crippen LogP contribution in [0.2, 0.25) is 0 Å². The van der Waals surface area contributed by atoms with Crippen LogP contribution in [0, 0.1) is 6.92 Å². The highest BCUT2D eigenvalue weighted by Gasteiger charge is 2.39. The lowest BCUT2D eigenvalue weighted by molar-refractivity contribution is -0.128. The highest BCUT2D eigenvalue weighted by atomic mass is 32.2. The lowest BCUT2D eigenvalue weighted by Crippen LogP contribution is -2.33. The average molecular weight is 460 g/mol. The van der Waals surface area contributed by atoms with Gasteiger partial charge in [-0.05, 0) is 49.6 Å². The maximum Gasteiger partial charge on any atom is 0.284 e. The number of carbonyl (C=O) groups excluding carboxylic acids is 2. The number of benzene rings is 2. The van der Waals surface area contributed by atoms with Crippen molar-refractivity contribution < 1.29 is 18.0 Å². The number of thioether (sulfide) groups is 1. The number of hydrogen-bond donors (Lipinski definition) is 1. The van der Waals surface area contributed by atoms with E-state index < -0.39 is 15.3 Å². The predicted octanol–water partition coefficient (Wildman–Crippen LogP) is 3.59. The second-order valence-corrected chi connectivity index (χ2v) is 9.88. The summed E-state index contributed by atoms with van der Waals surface area (Å²) in [6, 6.07) is 13.9. The molecule has 1 N–H and O–H groups in total. The molecular weight excluding hydrogens is 434 g/mol. The summed E-state index contributed by atoms with van der Waals surface area (Å²) in [5, 5.41) is 2.19. The van der Waals surface area contributed by atoms with Crippen molar-refractivity contribution in [2.45, 2.75) is 43.8 Å². The molecule has 3 rings (SSSR count). The first-order valence-electron chi connectivity index (χ1n) is 10.0. The number of anilines is 1. The Balaban J connectivity index is 1.77. The second-order valence-electron chi connectivity index (χ2n) is 7.10. The van der Waals surface area contributed by atoms with Gasteiger partial charge in [0.2, 0.25) is 11.8 Å². The van der Waals surface area contributed by atoms with Gasteiger partial charge in [-0.3, -0.25) is 14.5 Å². The van der Waals surface area contributed by atoms with Gasteiger partial charge in [-0.15, -0.1) is 4.40 Å². The molecule has 164 valence electrons. The summed E-state index contributed by atoms with van der Waals surface area (Å²) < 4.78 is 29.4. The number of sulfonamides is 1. The molecule has 1 heterocycles. The molecule has 2 aromatic carbocycles. The first-order valence-corrected chi connectivity index (χ1v) is 12.3. The van der Waals surface area contributed by atoms with Gasteiger partial charge < -0.3 is 5.32 Å². The van der Waals surface area contributed by atoms with Gasteiger partial charge in [0, 0.05) is 18.7 Å². The average Bonchev–Trinajstić information content (AvgIpc) is 3.03. The van der Waals surface area contributed by atoms with E-state index in [1.807, 2.05) is 32.0 Å². The van der Waals surface area contributed by atoms with Crippen molar-refractivity contribution >= 4 is 44.5 Å². The lowest BCUT2D eigenvalue weighted by atomic mass is 10.2. The van der Waals surface area contributed by atoms with E-state index in [9.17, 15) is 18.0 Å². The lowest BCUT2D eigenvalue weighted by Gasteiger charge is -2.13. The van der Waals surface area contributed by atoms with Gasteiger partial charge in [0.05, 0.1) is 4.90 Å². The molecule has 2 aromatic rings. The van der Waals surface area contributed by atoms with Crippen molar-refractivity contribution in [3.8, 4) is 0 Å². The summed E-state index contributed by atoms with van der Waals surface area (Å²) in [7, 11) is -3.97. The normalized spacial score (nSPS) is 17.9. The molecule has 1 atom stereocenters. The van der Waals surface area contributed by atoms with Gasteiger partial charge in [-0.1, -0.05) is 49.0 Å². The Kier molecular flexibility index (Phi) is 7.17. The van der Waals surface area contributed by atoms with Crippen LogP contribution >= 0.6 is 11.8 Å². The van der Waals surface area contributed by atoms with E-state index in [1.165, 1.54) is 17.0 Å². The van der Waals surface area contributed by atoms with E-state index in [0.717, 1.165) is 29.3 Å². The molecule has 31 heavy (non-hydrogen) atoms. The fraction of sp³-hybridized carbons (Fsp3) is 0.318. The number of hydrogen-bond acceptors (Lipinski definition) is 5. The van der Waals surface area contributed by atoms with Crippen LogP contribution in [0.3, 0.4) is 0 Å². The minimum atomic E-state index is -3.97. The standard InChI is InChI=1S/C22H25N3O4S2/c1-4-16-10-12-17(13-11-16)31(28,29)24-22-25(5-2)21(27)19(30-22)14-20(26)23-18-9-7-6-8-15(18)3/h6-13,19H,4-5,14H2,1-3H3,(H,23,26)/t19-/m1/s1. The summed E-state index contributed by atoms with van der Waals surface area (Å²) in [5.41, 5.74) is 2.62. The van der Waals surface area contributed by atoms with Crippen LogP contribution in [-0.4, -0.2) is 42.1 Å². The third-order valence-corrected chi connectivity index (χ3v) is 7.53. The molecule has 1 aliphatic heterocycles. The number of para-hydroxylation sites is 1. The van der Waals surface area contributed by atoms with E-state index in [0.29, 0.717) is 5.69 Å². The smallest absolute Gasteiger partial charge is 0.284 e. The van der Waals surface area contributed by atoms with Gasteiger partial charge in [-0.2, -0.15) is 8.42 Å². The minimum absolute atomic E-state index is 0.0708. The molecule has 1 saturated heterocycles. The van der Waals surface area contributed by atoms with Crippen LogP contribution in [0.15, 0.2) is 57.8 Å². The van der Waals surface area contributed by atoms with Crippen LogP contribution in [0.4, 0.5) is 5.69 Å². The van der Waals surface area contributed by atoms with Crippen LogP contribution in [0.1, 0.15) is 31.4 Å². The van der Waals surface area contributed by atoms with E-state index in [-0.39, 0.29) is 34.8 Å². The maximum atomic E-state index is 12.8. The Morgan fingerprint density at radius 2 is 1.81 bits per heavy atom. The Labute approximate surface area is 187 Å². The number of amidine groups is 1. The Hall–Kier alpha value is -2.65. The first-order chi connectivity index (χ1) is 14.7. The van der Waals surface area contributed by atoms with Gasteiger partial charge in [0.15, 0.2) is 5.17 Å². The number of nitrogens with zero attached hydrogens (tertiary/aromatic N) is 2. The highest BCUT2D eigenvalue weighted by Crippen LogP contribution is 2.31. The summed E-state index contributed by atoms with van der Waals surface area (Å²) in [6.07, 6.45) is 0.730. The van der Waals surface area contributed by atoms with Crippen LogP contribution < -0.4 is 5.32 Å². The molecule has 1 fully saturated rings. The summed E-state index contributed by atoms with van der Waals surface area (Å²) in [5.74, 6) is -0.627. The fourth-order valence-corrected chi connectivity index (χ4v) is 5.56. The van der Waals surface area contributed by atoms with E-state index in [4.69, 9.17) is 0 Å². The van der Waals surface area contributed by atoms with Gasteiger partial charge in [0.25, 0.3) is 10.0 Å². The van der Waals surface area contributed by atoms with E-state index in [2.05, 4.69) is 9.71 Å². The van der Waals surface area contributed by atoms with Gasteiger partial charge >= 0.3 is 0 Å². The molecule has 0 radical (unpaired) electrons. The largest absolute Gasteiger partial charge is 0.326 e. The van der Waals surface area contributed by atoms with Crippen molar-refractivity contribution in [2.24, 2.45) is 4.40 Å². The molecule has 0 spiro atoms. The molecule has 0 aliphatic carbocycles. The van der Waals surface area contributed by atoms with Crippen molar-refractivity contribution in [1.82, 2.24) is 4.90 Å². The number of nitrogens with one attached hydrogen (secondary N) is 1. The SMILES string of the molecule is CCc1ccc(S(=O)(=O)N=C2S[C@H](CC(=O)Nc3ccccc3C)C(=O)N2CC)cc1. The third-order valence-electron chi connectivity index (χ3n) is 4.95. The highest BCUT2D eigenvalue weighted by molar-refractivity contribution is 8.16. The number of rotatable bonds is 7. The molecule has 9 heteroatoms. The zero-order valence-electron chi connectivity index (χ0n) is 17.7. The predicted molar refractivity (Wildman–Crippen MR) is 124 cm³/mol. The van der Waals surface area contributed by atoms with Crippen LogP contribution in [-0.2, 0) is 26.0 Å². The quantitative estimate of drug-likeness (QED) is 0.683. The Morgan fingerprint density at radius 1 is 1.13 bits per heavy atom. The van der Waals surface area contributed by atoms with Crippen LogP contribution in [0.25, 0.3) is 0 Å². The zero-order valence-corrected chi connectivity index (χ0v) is 19.3. The van der Waals surface area contributed by atoms with Crippen molar-refractivity contribution in [3.05, 3.63) is 59.7 Å². The molecule has 1 aliphatic rings. The summed E-state index contributed by atoms with van der Waals surface area (Å²) in [6.45, 7) is 5.88. The minimum Gasteiger partial charge on any atom is -0.326 e. The molecule has 0 saturated carbocycles. The fourth-order valence-electron chi connectivity index (χ4n) is 3.14. The van der Waals surface area contributed by atoms with Crippen LogP contribution in [0.5, 0.6) is 0 Å². The van der Waals surface area contributed by atoms with Gasteiger partial charge in [-0.25, -0.2) is 0 Å². The molecule has 2 amide bonds. The third kappa shape index (κ3) is 5.34. The molecule has 7 nitrogen and oxygen atoms in total. The summed E-state index contributed by atoms with van der Waals surface area (Å²) in [4.78, 5) is 26.6. The summed E-state index contributed by atoms with van der Waals surface area (Å²) >= 11 is 1.01. The number of aryl methyl sites for hydroxylation is 2. The number of amides is 2. The van der Waals surface area contributed by atoms with E-state index in [1.54, 1.807) is 25.1 Å². The first kappa shape index (κ1) is 23.0. The van der Waals surface area contributed by atoms with E-state index >= 15 is 0 Å². The topological polar surface area (TPSA) is 95.9 Å². The Morgan fingerprint density at radius 3 is 2.42 bits per heavy atom. The zero-order chi connectivity index (χ0) is 22.6. The molecular formula is C22H25N3O4S2. The monoisotopic (exact) mass is 459 g/mol. The second kappa shape index (κ2) is 9.65. The Bertz CT molecular complexity index is 1110. The van der Waals surface area contributed by atoms with Crippen molar-refractivity contribution in [1.29, 1.82) is 0 Å². The van der Waals surface area contributed by atoms with Crippen molar-refractivity contribution in [3.63, 3.8) is 0 Å². The molecule has 0 aromatic heterocycles.